The molecule has 108 valence electrons. The molecule has 0 aromatic heterocycles. The molecule has 0 N–H and O–H groups in total. The molecule has 0 heterocycles. The number of rotatable bonds is 0. The van der Waals surface area contributed by atoms with Gasteiger partial charge in [0, 0.05) is 29.0 Å². The Hall–Kier alpha value is 2.88. The van der Waals surface area contributed by atoms with Crippen molar-refractivity contribution < 1.29 is 0 Å². The highest BCUT2D eigenvalue weighted by molar-refractivity contribution is 9.13. The fraction of sp³-hybridized carbons (Fsp3) is 1.00. The first kappa shape index (κ1) is 18.9. The van der Waals surface area contributed by atoms with E-state index < -0.39 is 0 Å². The topological polar surface area (TPSA) is 0 Å². The Morgan fingerprint density at radius 3 is 1.28 bits per heavy atom. The van der Waals surface area contributed by atoms with Crippen molar-refractivity contribution in [3.63, 3.8) is 0 Å². The Morgan fingerprint density at radius 1 is 0.444 bits per heavy atom. The lowest BCUT2D eigenvalue weighted by Gasteiger charge is -2.26. The van der Waals surface area contributed by atoms with E-state index in [-0.39, 0.29) is 0 Å². The summed E-state index contributed by atoms with van der Waals surface area (Å²) in [4.78, 5) is 3.32. The minimum Gasteiger partial charge on any atom is -0.0891 e. The minimum absolute atomic E-state index is 0.491. The van der Waals surface area contributed by atoms with Gasteiger partial charge < -0.3 is 0 Å². The first-order chi connectivity index (χ1) is 8.41. The molecule has 6 unspecified atom stereocenters. The quantitative estimate of drug-likeness (QED) is 0.252. The Bertz CT molecular complexity index is 237. The van der Waals surface area contributed by atoms with Crippen LogP contribution in [-0.4, -0.2) is 29.0 Å². The molecular formula is C12H18Br6. The second kappa shape index (κ2) is 9.81. The van der Waals surface area contributed by atoms with Gasteiger partial charge in [-0.05, 0) is 38.5 Å². The predicted molar refractivity (Wildman–Crippen MR) is 104 cm³/mol. The van der Waals surface area contributed by atoms with Gasteiger partial charge >= 0.3 is 0 Å². The summed E-state index contributed by atoms with van der Waals surface area (Å²) in [6.07, 6.45) is 7.28. The van der Waals surface area contributed by atoms with E-state index in [1.165, 1.54) is 38.5 Å². The van der Waals surface area contributed by atoms with Gasteiger partial charge in [-0.2, -0.15) is 0 Å². The van der Waals surface area contributed by atoms with Crippen molar-refractivity contribution in [3.8, 4) is 0 Å². The van der Waals surface area contributed by atoms with Crippen molar-refractivity contribution in [3.05, 3.63) is 0 Å². The number of alkyl halides is 6. The normalized spacial score (nSPS) is 45.0. The maximum Gasteiger partial charge on any atom is 0.0396 e. The summed E-state index contributed by atoms with van der Waals surface area (Å²) < 4.78 is 0. The van der Waals surface area contributed by atoms with Crippen LogP contribution >= 0.6 is 95.6 Å². The SMILES string of the molecule is BrC1CCC(Br)C(Br)CCC(Br)C(Br)C(Br)CC1. The monoisotopic (exact) mass is 636 g/mol. The van der Waals surface area contributed by atoms with Crippen LogP contribution in [0.3, 0.4) is 0 Å². The van der Waals surface area contributed by atoms with Crippen molar-refractivity contribution in [2.24, 2.45) is 0 Å². The van der Waals surface area contributed by atoms with Crippen molar-refractivity contribution in [2.75, 3.05) is 0 Å². The summed E-state index contributed by atoms with van der Waals surface area (Å²) in [5.74, 6) is 0. The standard InChI is InChI=1S/C12H18Br6/c13-7-1-3-8(14)9(15)5-6-11(17)12(18)10(16)4-2-7/h7-12H,1-6H2. The molecule has 6 atom stereocenters. The van der Waals surface area contributed by atoms with Gasteiger partial charge in [-0.15, -0.1) is 0 Å². The fourth-order valence-electron chi connectivity index (χ4n) is 2.05. The Balaban J connectivity index is 2.61. The number of halogens is 6. The van der Waals surface area contributed by atoms with Gasteiger partial charge in [-0.25, -0.2) is 0 Å². The second-order valence-electron chi connectivity index (χ2n) is 4.84. The molecule has 1 fully saturated rings. The minimum atomic E-state index is 0.491. The van der Waals surface area contributed by atoms with Crippen LogP contribution in [0.2, 0.25) is 0 Å². The van der Waals surface area contributed by atoms with Crippen LogP contribution in [0, 0.1) is 0 Å². The van der Waals surface area contributed by atoms with Gasteiger partial charge in [0.1, 0.15) is 0 Å². The third kappa shape index (κ3) is 6.76. The zero-order chi connectivity index (χ0) is 13.7. The summed E-state index contributed by atoms with van der Waals surface area (Å²) in [6.45, 7) is 0. The molecule has 6 heteroatoms. The number of hydrogen-bond acceptors (Lipinski definition) is 0. The molecule has 1 saturated carbocycles. The summed E-state index contributed by atoms with van der Waals surface area (Å²) in [5, 5.41) is 0. The van der Waals surface area contributed by atoms with E-state index in [2.05, 4.69) is 95.6 Å². The van der Waals surface area contributed by atoms with E-state index in [9.17, 15) is 0 Å². The van der Waals surface area contributed by atoms with Crippen molar-refractivity contribution in [1.82, 2.24) is 0 Å². The zero-order valence-corrected chi connectivity index (χ0v) is 19.5. The van der Waals surface area contributed by atoms with Crippen LogP contribution in [0.15, 0.2) is 0 Å². The molecule has 1 rings (SSSR count). The van der Waals surface area contributed by atoms with Crippen molar-refractivity contribution in [2.45, 2.75) is 67.5 Å². The smallest absolute Gasteiger partial charge is 0.0396 e. The summed E-state index contributed by atoms with van der Waals surface area (Å²) in [7, 11) is 0. The predicted octanol–water partition coefficient (Wildman–Crippen LogP) is 6.92. The van der Waals surface area contributed by atoms with E-state index in [1.54, 1.807) is 0 Å². The molecule has 0 bridgehead atoms. The molecule has 0 aromatic rings. The van der Waals surface area contributed by atoms with Gasteiger partial charge in [0.2, 0.25) is 0 Å². The molecule has 0 aromatic carbocycles. The van der Waals surface area contributed by atoms with Gasteiger partial charge in [0.25, 0.3) is 0 Å². The van der Waals surface area contributed by atoms with Crippen LogP contribution in [-0.2, 0) is 0 Å². The van der Waals surface area contributed by atoms with Crippen molar-refractivity contribution in [1.29, 1.82) is 0 Å². The van der Waals surface area contributed by atoms with Crippen LogP contribution in [0.1, 0.15) is 38.5 Å². The largest absolute Gasteiger partial charge is 0.0891 e. The molecule has 0 spiro atoms. The van der Waals surface area contributed by atoms with Gasteiger partial charge in [0.15, 0.2) is 0 Å². The molecule has 0 nitrogen and oxygen atoms in total. The van der Waals surface area contributed by atoms with Crippen molar-refractivity contribution >= 4 is 95.6 Å². The molecule has 0 amide bonds. The average Bonchev–Trinajstić information content (AvgIpc) is 2.36. The van der Waals surface area contributed by atoms with Crippen LogP contribution in [0.5, 0.6) is 0 Å². The van der Waals surface area contributed by atoms with E-state index in [0.29, 0.717) is 29.0 Å². The van der Waals surface area contributed by atoms with Crippen LogP contribution in [0.4, 0.5) is 0 Å². The molecular weight excluding hydrogens is 624 g/mol. The van der Waals surface area contributed by atoms with E-state index >= 15 is 0 Å². The molecule has 0 radical (unpaired) electrons. The maximum absolute atomic E-state index is 3.83. The fourth-order valence-corrected chi connectivity index (χ4v) is 5.84. The molecule has 1 aliphatic rings. The maximum atomic E-state index is 3.83. The lowest BCUT2D eigenvalue weighted by Crippen LogP contribution is -2.27. The Labute approximate surface area is 161 Å². The molecule has 0 aliphatic heterocycles. The Kier molecular flexibility index (Phi) is 10.3. The Morgan fingerprint density at radius 2 is 0.778 bits per heavy atom. The van der Waals surface area contributed by atoms with Gasteiger partial charge in [0.05, 0.1) is 0 Å². The third-order valence-electron chi connectivity index (χ3n) is 3.31. The van der Waals surface area contributed by atoms with Crippen LogP contribution < -0.4 is 0 Å². The summed E-state index contributed by atoms with van der Waals surface area (Å²) >= 11 is 22.9. The molecule has 18 heavy (non-hydrogen) atoms. The first-order valence-corrected chi connectivity index (χ1v) is 11.8. The molecule has 1 aliphatic carbocycles. The van der Waals surface area contributed by atoms with Gasteiger partial charge in [-0.1, -0.05) is 95.6 Å². The summed E-state index contributed by atoms with van der Waals surface area (Å²) in [6, 6.07) is 0. The molecule has 0 saturated heterocycles. The number of hydrogen-bond donors (Lipinski definition) is 0. The first-order valence-electron chi connectivity index (χ1n) is 6.26. The van der Waals surface area contributed by atoms with E-state index in [0.717, 1.165) is 0 Å². The lowest BCUT2D eigenvalue weighted by molar-refractivity contribution is 0.556. The van der Waals surface area contributed by atoms with E-state index in [1.807, 2.05) is 0 Å². The van der Waals surface area contributed by atoms with Gasteiger partial charge in [-0.3, -0.25) is 0 Å². The highest BCUT2D eigenvalue weighted by atomic mass is 79.9. The highest BCUT2D eigenvalue weighted by Gasteiger charge is 2.27. The third-order valence-corrected chi connectivity index (χ3v) is 11.9. The highest BCUT2D eigenvalue weighted by Crippen LogP contribution is 2.34. The van der Waals surface area contributed by atoms with E-state index in [4.69, 9.17) is 0 Å². The van der Waals surface area contributed by atoms with Crippen LogP contribution in [0.25, 0.3) is 0 Å². The zero-order valence-electron chi connectivity index (χ0n) is 9.97. The second-order valence-corrected chi connectivity index (χ2v) is 11.9. The average molecular weight is 642 g/mol. The summed E-state index contributed by atoms with van der Waals surface area (Å²) in [5.41, 5.74) is 0. The lowest BCUT2D eigenvalue weighted by atomic mass is 10.0.